The summed E-state index contributed by atoms with van der Waals surface area (Å²) in [5.74, 6) is 0. The zero-order chi connectivity index (χ0) is 56.1. The molecule has 0 spiro atoms. The van der Waals surface area contributed by atoms with Gasteiger partial charge in [0.2, 0.25) is 0 Å². The smallest absolute Gasteiger partial charge is 0.187 e. The number of aliphatic hydroxyl groups excluding tert-OH is 21. The van der Waals surface area contributed by atoms with Gasteiger partial charge in [-0.3, -0.25) is 0 Å². The molecule has 0 aromatic rings. The van der Waals surface area contributed by atoms with E-state index in [1.165, 1.54) is 0 Å². The van der Waals surface area contributed by atoms with Crippen molar-refractivity contribution in [1.82, 2.24) is 0 Å². The topological polar surface area (TPSA) is 554 Å². The molecule has 35 nitrogen and oxygen atoms in total. The fraction of sp³-hybridized carbons (Fsp3) is 1.00. The minimum atomic E-state index is -2.21. The van der Waals surface area contributed by atoms with Crippen LogP contribution in [0.4, 0.5) is 0 Å². The monoisotopic (exact) mass is 1130 g/mol. The molecule has 0 saturated carbocycles. The van der Waals surface area contributed by atoms with E-state index in [1.54, 1.807) is 0 Å². The molecule has 448 valence electrons. The van der Waals surface area contributed by atoms with Gasteiger partial charge in [-0.25, -0.2) is 0 Å². The highest BCUT2D eigenvalue weighted by molar-refractivity contribution is 5.01. The summed E-state index contributed by atoms with van der Waals surface area (Å²) in [4.78, 5) is 0. The van der Waals surface area contributed by atoms with Crippen molar-refractivity contribution in [2.24, 2.45) is 0 Å². The lowest BCUT2D eigenvalue weighted by molar-refractivity contribution is -0.396. The highest BCUT2D eigenvalue weighted by atomic mass is 16.8. The maximum atomic E-state index is 11.3. The largest absolute Gasteiger partial charge is 0.394 e. The summed E-state index contributed by atoms with van der Waals surface area (Å²) in [5, 5.41) is 230. The minimum absolute atomic E-state index is 1.05. The van der Waals surface area contributed by atoms with E-state index in [9.17, 15) is 107 Å². The van der Waals surface area contributed by atoms with E-state index < -0.39 is 261 Å². The first-order chi connectivity index (χ1) is 36.7. The van der Waals surface area contributed by atoms with Crippen molar-refractivity contribution in [2.75, 3.05) is 46.2 Å². The Morgan fingerprint density at radius 1 is 0.156 bits per heavy atom. The SMILES string of the molecule is OC[C@H]1OC2OC3[C@@H](CO)OC(OC4[C@@H](CO)OC(OC5[C@@H](CO)OC(O[C@H]6[C@H](O)[C@@H](O)C(O[C@H]7[C@H](O)[C@@H](O)C(O[C@H]8[C@H](O)[C@@H](O)C(OC1[C@H](O)[C@H]2O)O[C@@H]8CO)O[C@@H]7CO)O[C@@H]6CO)[C@H](O)[C@H]5O)[C@H](O)[C@H]4O)[C@H](O)[C@H]3O. The Labute approximate surface area is 434 Å². The number of hydrogen-bond donors (Lipinski definition) is 21. The normalized spacial score (nSPS) is 55.4. The Morgan fingerprint density at radius 2 is 0.260 bits per heavy atom. The molecule has 21 rings (SSSR count). The van der Waals surface area contributed by atoms with Crippen LogP contribution in [-0.4, -0.2) is 368 Å². The molecule has 35 atom stereocenters. The Balaban J connectivity index is 1.08. The van der Waals surface area contributed by atoms with Crippen LogP contribution in [0.2, 0.25) is 0 Å². The van der Waals surface area contributed by atoms with Gasteiger partial charge >= 0.3 is 0 Å². The summed E-state index contributed by atoms with van der Waals surface area (Å²) in [5.41, 5.74) is 0. The summed E-state index contributed by atoms with van der Waals surface area (Å²) in [6, 6.07) is 0. The molecule has 0 radical (unpaired) electrons. The van der Waals surface area contributed by atoms with Gasteiger partial charge < -0.3 is 174 Å². The van der Waals surface area contributed by atoms with Gasteiger partial charge in [0.05, 0.1) is 46.2 Å². The summed E-state index contributed by atoms with van der Waals surface area (Å²) < 4.78 is 79.5. The summed E-state index contributed by atoms with van der Waals surface area (Å²) >= 11 is 0. The van der Waals surface area contributed by atoms with Gasteiger partial charge in [-0.2, -0.15) is 0 Å². The van der Waals surface area contributed by atoms with Crippen LogP contribution in [0.1, 0.15) is 0 Å². The first-order valence-electron chi connectivity index (χ1n) is 24.6. The second-order valence-corrected chi connectivity index (χ2v) is 19.7. The van der Waals surface area contributed by atoms with Crippen molar-refractivity contribution >= 4 is 0 Å². The van der Waals surface area contributed by atoms with E-state index in [4.69, 9.17) is 66.3 Å². The summed E-state index contributed by atoms with van der Waals surface area (Å²) in [6.45, 7) is -7.33. The second kappa shape index (κ2) is 26.0. The zero-order valence-electron chi connectivity index (χ0n) is 40.3. The lowest BCUT2D eigenvalue weighted by atomic mass is 9.95. The summed E-state index contributed by atoms with van der Waals surface area (Å²) in [7, 11) is 0. The van der Waals surface area contributed by atoms with E-state index in [2.05, 4.69) is 0 Å². The van der Waals surface area contributed by atoms with Crippen LogP contribution in [0, 0.1) is 0 Å². The molecule has 0 aromatic carbocycles. The van der Waals surface area contributed by atoms with Crippen LogP contribution in [-0.2, 0) is 66.3 Å². The third-order valence-corrected chi connectivity index (χ3v) is 14.8. The maximum Gasteiger partial charge on any atom is 0.187 e. The van der Waals surface area contributed by atoms with E-state index >= 15 is 0 Å². The van der Waals surface area contributed by atoms with E-state index in [0.717, 1.165) is 0 Å². The van der Waals surface area contributed by atoms with Crippen molar-refractivity contribution in [3.63, 3.8) is 0 Å². The predicted octanol–water partition coefficient (Wildman–Crippen LogP) is -15.2. The molecule has 0 aliphatic carbocycles. The fourth-order valence-electron chi connectivity index (χ4n) is 10.4. The van der Waals surface area contributed by atoms with Crippen LogP contribution in [0.15, 0.2) is 0 Å². The van der Waals surface area contributed by atoms with Gasteiger partial charge in [0.25, 0.3) is 0 Å². The van der Waals surface area contributed by atoms with Crippen molar-refractivity contribution in [1.29, 1.82) is 0 Å². The first kappa shape index (κ1) is 61.7. The van der Waals surface area contributed by atoms with Crippen LogP contribution >= 0.6 is 0 Å². The average Bonchev–Trinajstić information content (AvgIpc) is 3.47. The quantitative estimate of drug-likeness (QED) is 0.113. The Hall–Kier alpha value is -1.40. The van der Waals surface area contributed by atoms with Crippen molar-refractivity contribution in [2.45, 2.75) is 215 Å². The lowest BCUT2D eigenvalue weighted by Gasteiger charge is -2.50. The highest BCUT2D eigenvalue weighted by Gasteiger charge is 2.59. The third kappa shape index (κ3) is 12.1. The highest BCUT2D eigenvalue weighted by Crippen LogP contribution is 2.39. The standard InChI is InChI=1S/C42H70O35/c43-1-8-29-15(50)22(57)36(64-8)72-30-9(2-44)66-38(24(59)17(30)52)74-32-11(4-46)68-40(26(61)19(32)54)76-34-13(6-48)70-42(28(63)21(34)56)77-35-14(7-49)69-41(27(62)20(35)55)75-33-12(5-47)67-39(25(60)18(33)53)73-31-10(3-45)65-37(71-29)23(58)16(31)51/h8-63H,1-7H2/t8-,9-,10-,11-,12-,13-,14-,15-,16-,17-,18-,19-,20-,21-,22-,23-,24-,25-,26-,27-,28-,29-,30-,31-,32?,33?,34?,35?,36?,37?,38?,39?,40?,41?,42?/m1/s1. The number of hydrogen-bond acceptors (Lipinski definition) is 35. The predicted molar refractivity (Wildman–Crippen MR) is 228 cm³/mol. The molecule has 0 amide bonds. The minimum Gasteiger partial charge on any atom is -0.394 e. The molecule has 77 heavy (non-hydrogen) atoms. The number of aliphatic hydroxyl groups is 21. The molecule has 21 N–H and O–H groups in total. The molecule has 21 fully saturated rings. The van der Waals surface area contributed by atoms with Gasteiger partial charge in [-0.1, -0.05) is 0 Å². The summed E-state index contributed by atoms with van der Waals surface area (Å²) in [6.07, 6.45) is -70.2. The Kier molecular flexibility index (Phi) is 20.8. The van der Waals surface area contributed by atoms with E-state index in [1.807, 2.05) is 0 Å². The van der Waals surface area contributed by atoms with Gasteiger partial charge in [-0.15, -0.1) is 0 Å². The van der Waals surface area contributed by atoms with Crippen molar-refractivity contribution in [3.8, 4) is 0 Å². The molecular weight excluding hydrogens is 1060 g/mol. The van der Waals surface area contributed by atoms with Crippen molar-refractivity contribution < 1.29 is 174 Å². The maximum absolute atomic E-state index is 11.3. The van der Waals surface area contributed by atoms with Crippen LogP contribution in [0.5, 0.6) is 0 Å². The second-order valence-electron chi connectivity index (χ2n) is 19.7. The number of rotatable bonds is 7. The first-order valence-corrected chi connectivity index (χ1v) is 24.6. The molecule has 21 saturated heterocycles. The van der Waals surface area contributed by atoms with E-state index in [0.29, 0.717) is 0 Å². The number of ether oxygens (including phenoxy) is 14. The molecule has 35 heteroatoms. The Morgan fingerprint density at radius 3 is 0.351 bits per heavy atom. The van der Waals surface area contributed by atoms with Crippen LogP contribution in [0.25, 0.3) is 0 Å². The van der Waals surface area contributed by atoms with Gasteiger partial charge in [0.1, 0.15) is 171 Å². The molecule has 11 unspecified atom stereocenters. The van der Waals surface area contributed by atoms with Crippen LogP contribution in [0.3, 0.4) is 0 Å². The zero-order valence-corrected chi connectivity index (χ0v) is 40.3. The average molecular weight is 1130 g/mol. The van der Waals surface area contributed by atoms with Crippen molar-refractivity contribution in [3.05, 3.63) is 0 Å². The lowest BCUT2D eigenvalue weighted by Crippen LogP contribution is -2.68. The van der Waals surface area contributed by atoms with E-state index in [-0.39, 0.29) is 0 Å². The third-order valence-electron chi connectivity index (χ3n) is 14.8. The molecule has 0 aromatic heterocycles. The molecule has 21 heterocycles. The van der Waals surface area contributed by atoms with Crippen LogP contribution < -0.4 is 0 Å². The van der Waals surface area contributed by atoms with Gasteiger partial charge in [0.15, 0.2) is 44.0 Å². The molecule has 14 bridgehead atoms. The van der Waals surface area contributed by atoms with Gasteiger partial charge in [0, 0.05) is 0 Å². The molecule has 21 aliphatic heterocycles. The fourth-order valence-corrected chi connectivity index (χ4v) is 10.4. The Bertz CT molecular complexity index is 1470. The molecular formula is C42H70O35. The van der Waals surface area contributed by atoms with Gasteiger partial charge in [-0.05, 0) is 0 Å². The molecule has 21 aliphatic rings.